The summed E-state index contributed by atoms with van der Waals surface area (Å²) in [5, 5.41) is 2.96. The van der Waals surface area contributed by atoms with Gasteiger partial charge in [0.05, 0.1) is 0 Å². The Kier molecular flexibility index (Phi) is 3.68. The fraction of sp³-hybridized carbons (Fsp3) is 0.417. The highest BCUT2D eigenvalue weighted by Crippen LogP contribution is 2.19. The minimum absolute atomic E-state index is 0.0295. The number of benzene rings is 1. The van der Waals surface area contributed by atoms with Crippen LogP contribution in [0.25, 0.3) is 0 Å². The van der Waals surface area contributed by atoms with Gasteiger partial charge in [-0.25, -0.2) is 4.79 Å². The van der Waals surface area contributed by atoms with Gasteiger partial charge >= 0.3 is 6.03 Å². The minimum Gasteiger partial charge on any atom is -0.325 e. The molecule has 0 aromatic heterocycles. The molecule has 1 heterocycles. The number of hydrogen-bond acceptors (Lipinski definition) is 1. The summed E-state index contributed by atoms with van der Waals surface area (Å²) >= 11 is 2.27. The molecule has 2 amide bonds. The van der Waals surface area contributed by atoms with Crippen molar-refractivity contribution in [3.05, 3.63) is 27.3 Å². The normalized spacial score (nSPS) is 15.2. The second-order valence-electron chi connectivity index (χ2n) is 4.08. The zero-order chi connectivity index (χ0) is 11.5. The van der Waals surface area contributed by atoms with E-state index < -0.39 is 0 Å². The summed E-state index contributed by atoms with van der Waals surface area (Å²) in [6.07, 6.45) is 2.25. The Morgan fingerprint density at radius 1 is 1.38 bits per heavy atom. The van der Waals surface area contributed by atoms with Gasteiger partial charge in [-0.2, -0.15) is 0 Å². The molecule has 1 aromatic rings. The van der Waals surface area contributed by atoms with Crippen LogP contribution in [0.5, 0.6) is 0 Å². The summed E-state index contributed by atoms with van der Waals surface area (Å²) in [7, 11) is 0. The lowest BCUT2D eigenvalue weighted by atomic mass is 10.2. The van der Waals surface area contributed by atoms with Gasteiger partial charge in [-0.3, -0.25) is 0 Å². The van der Waals surface area contributed by atoms with E-state index in [1.165, 1.54) is 3.57 Å². The van der Waals surface area contributed by atoms with Crippen molar-refractivity contribution in [1.29, 1.82) is 0 Å². The predicted octanol–water partition coefficient (Wildman–Crippen LogP) is 3.23. The van der Waals surface area contributed by atoms with E-state index in [9.17, 15) is 4.79 Å². The Bertz CT molecular complexity index is 400. The standard InChI is InChI=1S/C12H15IN2O/c1-9-8-10(13)4-5-11(9)14-12(16)15-6-2-3-7-15/h4-5,8H,2-3,6-7H2,1H3,(H,14,16). The van der Waals surface area contributed by atoms with Crippen LogP contribution in [0.4, 0.5) is 10.5 Å². The quantitative estimate of drug-likeness (QED) is 0.788. The van der Waals surface area contributed by atoms with E-state index in [1.807, 2.05) is 24.0 Å². The smallest absolute Gasteiger partial charge is 0.321 e. The van der Waals surface area contributed by atoms with E-state index in [-0.39, 0.29) is 6.03 Å². The molecular weight excluding hydrogens is 315 g/mol. The van der Waals surface area contributed by atoms with Gasteiger partial charge in [0, 0.05) is 22.3 Å². The molecule has 0 aliphatic carbocycles. The molecule has 3 nitrogen and oxygen atoms in total. The maximum atomic E-state index is 11.9. The fourth-order valence-corrected chi connectivity index (χ4v) is 2.53. The number of amides is 2. The number of urea groups is 1. The van der Waals surface area contributed by atoms with Crippen LogP contribution in [0, 0.1) is 10.5 Å². The van der Waals surface area contributed by atoms with E-state index in [4.69, 9.17) is 0 Å². The zero-order valence-electron chi connectivity index (χ0n) is 9.29. The third-order valence-corrected chi connectivity index (χ3v) is 3.49. The van der Waals surface area contributed by atoms with Crippen LogP contribution < -0.4 is 5.32 Å². The van der Waals surface area contributed by atoms with Crippen molar-refractivity contribution < 1.29 is 4.79 Å². The van der Waals surface area contributed by atoms with Crippen LogP contribution in [0.3, 0.4) is 0 Å². The largest absolute Gasteiger partial charge is 0.325 e. The second-order valence-corrected chi connectivity index (χ2v) is 5.33. The van der Waals surface area contributed by atoms with Gasteiger partial charge in [0.2, 0.25) is 0 Å². The summed E-state index contributed by atoms with van der Waals surface area (Å²) in [5.41, 5.74) is 2.02. The fourth-order valence-electron chi connectivity index (χ4n) is 1.88. The third-order valence-electron chi connectivity index (χ3n) is 2.82. The summed E-state index contributed by atoms with van der Waals surface area (Å²) in [6, 6.07) is 6.07. The molecule has 86 valence electrons. The van der Waals surface area contributed by atoms with Crippen LogP contribution in [-0.4, -0.2) is 24.0 Å². The Morgan fingerprint density at radius 3 is 2.69 bits per heavy atom. The first-order valence-corrected chi connectivity index (χ1v) is 6.57. The van der Waals surface area contributed by atoms with E-state index in [1.54, 1.807) is 0 Å². The zero-order valence-corrected chi connectivity index (χ0v) is 11.5. The van der Waals surface area contributed by atoms with Gasteiger partial charge in [0.1, 0.15) is 0 Å². The van der Waals surface area contributed by atoms with Crippen molar-refractivity contribution >= 4 is 34.3 Å². The highest BCUT2D eigenvalue weighted by atomic mass is 127. The average Bonchev–Trinajstić information content (AvgIpc) is 2.75. The SMILES string of the molecule is Cc1cc(I)ccc1NC(=O)N1CCCC1. The molecule has 1 N–H and O–H groups in total. The van der Waals surface area contributed by atoms with Gasteiger partial charge in [-0.15, -0.1) is 0 Å². The predicted molar refractivity (Wildman–Crippen MR) is 73.7 cm³/mol. The van der Waals surface area contributed by atoms with Crippen LogP contribution in [0.2, 0.25) is 0 Å². The molecule has 2 rings (SSSR count). The Hall–Kier alpha value is -0.780. The number of carbonyl (C=O) groups excluding carboxylic acids is 1. The molecule has 16 heavy (non-hydrogen) atoms. The molecule has 4 heteroatoms. The molecule has 0 saturated carbocycles. The number of nitrogens with zero attached hydrogens (tertiary/aromatic N) is 1. The molecule has 0 radical (unpaired) electrons. The topological polar surface area (TPSA) is 32.3 Å². The summed E-state index contributed by atoms with van der Waals surface area (Å²) in [5.74, 6) is 0. The highest BCUT2D eigenvalue weighted by molar-refractivity contribution is 14.1. The van der Waals surface area contributed by atoms with E-state index in [0.29, 0.717) is 0 Å². The Balaban J connectivity index is 2.05. The maximum absolute atomic E-state index is 11.9. The number of halogens is 1. The Labute approximate surface area is 109 Å². The molecule has 1 aliphatic rings. The molecule has 0 bridgehead atoms. The van der Waals surface area contributed by atoms with E-state index in [0.717, 1.165) is 37.2 Å². The van der Waals surface area contributed by atoms with Crippen LogP contribution in [0.15, 0.2) is 18.2 Å². The molecule has 1 saturated heterocycles. The van der Waals surface area contributed by atoms with Gasteiger partial charge < -0.3 is 10.2 Å². The number of anilines is 1. The summed E-state index contributed by atoms with van der Waals surface area (Å²) in [4.78, 5) is 13.7. The van der Waals surface area contributed by atoms with Gasteiger partial charge in [0.15, 0.2) is 0 Å². The molecule has 0 spiro atoms. The van der Waals surface area contributed by atoms with Crippen molar-refractivity contribution in [2.24, 2.45) is 0 Å². The first-order chi connectivity index (χ1) is 7.66. The van der Waals surface area contributed by atoms with Crippen molar-refractivity contribution in [3.8, 4) is 0 Å². The van der Waals surface area contributed by atoms with Crippen LogP contribution >= 0.6 is 22.6 Å². The molecule has 1 aromatic carbocycles. The second kappa shape index (κ2) is 5.03. The summed E-state index contributed by atoms with van der Waals surface area (Å²) in [6.45, 7) is 3.78. The highest BCUT2D eigenvalue weighted by Gasteiger charge is 2.18. The Morgan fingerprint density at radius 2 is 2.06 bits per heavy atom. The van der Waals surface area contributed by atoms with Gasteiger partial charge in [0.25, 0.3) is 0 Å². The monoisotopic (exact) mass is 330 g/mol. The minimum atomic E-state index is 0.0295. The summed E-state index contributed by atoms with van der Waals surface area (Å²) < 4.78 is 1.19. The van der Waals surface area contributed by atoms with Crippen molar-refractivity contribution in [2.45, 2.75) is 19.8 Å². The lowest BCUT2D eigenvalue weighted by Gasteiger charge is -2.17. The van der Waals surface area contributed by atoms with Crippen molar-refractivity contribution in [3.63, 3.8) is 0 Å². The number of hydrogen-bond donors (Lipinski definition) is 1. The molecular formula is C12H15IN2O. The van der Waals surface area contributed by atoms with Crippen LogP contribution in [-0.2, 0) is 0 Å². The number of aryl methyl sites for hydroxylation is 1. The first-order valence-electron chi connectivity index (χ1n) is 5.49. The number of rotatable bonds is 1. The first kappa shape index (κ1) is 11.7. The van der Waals surface area contributed by atoms with Gasteiger partial charge in [-0.05, 0) is 66.1 Å². The lowest BCUT2D eigenvalue weighted by Crippen LogP contribution is -2.32. The molecule has 1 fully saturated rings. The number of carbonyl (C=O) groups is 1. The average molecular weight is 330 g/mol. The van der Waals surface area contributed by atoms with E-state index in [2.05, 4.69) is 34.0 Å². The lowest BCUT2D eigenvalue weighted by molar-refractivity contribution is 0.222. The maximum Gasteiger partial charge on any atom is 0.321 e. The van der Waals surface area contributed by atoms with E-state index >= 15 is 0 Å². The van der Waals surface area contributed by atoms with Gasteiger partial charge in [-0.1, -0.05) is 0 Å². The van der Waals surface area contributed by atoms with Crippen molar-refractivity contribution in [1.82, 2.24) is 4.90 Å². The van der Waals surface area contributed by atoms with Crippen LogP contribution in [0.1, 0.15) is 18.4 Å². The number of likely N-dealkylation sites (tertiary alicyclic amines) is 1. The molecule has 0 unspecified atom stereocenters. The molecule has 1 aliphatic heterocycles. The van der Waals surface area contributed by atoms with Crippen molar-refractivity contribution in [2.75, 3.05) is 18.4 Å². The molecule has 0 atom stereocenters. The number of nitrogens with one attached hydrogen (secondary N) is 1. The third kappa shape index (κ3) is 2.66.